The van der Waals surface area contributed by atoms with Gasteiger partial charge in [0.2, 0.25) is 5.91 Å². The molecule has 0 bridgehead atoms. The van der Waals surface area contributed by atoms with Crippen LogP contribution in [0.2, 0.25) is 0 Å². The molecule has 1 aliphatic heterocycles. The molecule has 14 heteroatoms. The summed E-state index contributed by atoms with van der Waals surface area (Å²) in [6, 6.07) is 2.25. The number of hydrogen-bond donors (Lipinski definition) is 1. The second kappa shape index (κ2) is 10.4. The lowest BCUT2D eigenvalue weighted by Gasteiger charge is -2.35. The maximum absolute atomic E-state index is 14.5. The third kappa shape index (κ3) is 5.37. The Morgan fingerprint density at radius 2 is 1.84 bits per heavy atom. The molecule has 4 rings (SSSR count). The number of aromatic nitrogens is 1. The molecule has 2 atom stereocenters. The van der Waals surface area contributed by atoms with Crippen LogP contribution in [0.3, 0.4) is 0 Å². The van der Waals surface area contributed by atoms with Crippen LogP contribution in [0.15, 0.2) is 23.6 Å². The van der Waals surface area contributed by atoms with Crippen molar-refractivity contribution in [3.63, 3.8) is 0 Å². The molecule has 0 radical (unpaired) electrons. The molecule has 1 saturated heterocycles. The highest BCUT2D eigenvalue weighted by atomic mass is 32.1. The number of anilines is 1. The largest absolute Gasteiger partial charge is 0.466 e. The van der Waals surface area contributed by atoms with Crippen molar-refractivity contribution in [2.24, 2.45) is 0 Å². The number of benzene rings is 1. The van der Waals surface area contributed by atoms with E-state index in [2.05, 4.69) is 10.3 Å². The second-order valence-corrected chi connectivity index (χ2v) is 10.1. The average Bonchev–Trinajstić information content (AvgIpc) is 3.43. The summed E-state index contributed by atoms with van der Waals surface area (Å²) in [5, 5.41) is 4.63. The van der Waals surface area contributed by atoms with Crippen molar-refractivity contribution in [3.05, 3.63) is 46.0 Å². The molecular formula is C24H24F7N3O3S. The summed E-state index contributed by atoms with van der Waals surface area (Å²) in [6.07, 6.45) is -11.3. The van der Waals surface area contributed by atoms with E-state index in [0.717, 1.165) is 17.4 Å². The van der Waals surface area contributed by atoms with Crippen LogP contribution in [0.5, 0.6) is 0 Å². The van der Waals surface area contributed by atoms with Gasteiger partial charge in [-0.2, -0.15) is 26.3 Å². The number of likely N-dealkylation sites (tertiary alicyclic amines) is 1. The Kier molecular flexibility index (Phi) is 7.77. The van der Waals surface area contributed by atoms with Gasteiger partial charge in [0, 0.05) is 22.9 Å². The zero-order chi connectivity index (χ0) is 27.9. The number of aryl methyl sites for hydroxylation is 1. The van der Waals surface area contributed by atoms with Gasteiger partial charge in [-0.3, -0.25) is 14.5 Å². The zero-order valence-corrected chi connectivity index (χ0v) is 20.9. The molecule has 2 aromatic rings. The van der Waals surface area contributed by atoms with Gasteiger partial charge in [0.25, 0.3) is 0 Å². The summed E-state index contributed by atoms with van der Waals surface area (Å²) in [6.45, 7) is 2.44. The predicted octanol–water partition coefficient (Wildman–Crippen LogP) is 5.28. The van der Waals surface area contributed by atoms with Gasteiger partial charge >= 0.3 is 24.0 Å². The fourth-order valence-electron chi connectivity index (χ4n) is 5.20. The first kappa shape index (κ1) is 28.3. The van der Waals surface area contributed by atoms with Crippen molar-refractivity contribution in [1.82, 2.24) is 9.88 Å². The minimum Gasteiger partial charge on any atom is -0.466 e. The number of nitrogens with one attached hydrogen (secondary N) is 1. The normalized spacial score (nSPS) is 20.1. The highest BCUT2D eigenvalue weighted by molar-refractivity contribution is 7.13. The van der Waals surface area contributed by atoms with E-state index < -0.39 is 29.6 Å². The summed E-state index contributed by atoms with van der Waals surface area (Å²) in [4.78, 5) is 30.3. The van der Waals surface area contributed by atoms with Crippen LogP contribution < -0.4 is 5.32 Å². The highest BCUT2D eigenvalue weighted by Gasteiger charge is 2.73. The molecular weight excluding hydrogens is 543 g/mol. The van der Waals surface area contributed by atoms with E-state index in [9.17, 15) is 40.3 Å². The summed E-state index contributed by atoms with van der Waals surface area (Å²) < 4.78 is 98.5. The van der Waals surface area contributed by atoms with E-state index in [1.54, 1.807) is 12.3 Å². The van der Waals surface area contributed by atoms with Gasteiger partial charge in [0.05, 0.1) is 25.3 Å². The number of esters is 1. The van der Waals surface area contributed by atoms with Crippen LogP contribution in [0.1, 0.15) is 48.1 Å². The molecule has 1 aliphatic carbocycles. The summed E-state index contributed by atoms with van der Waals surface area (Å²) in [5.74, 6) is -0.985. The van der Waals surface area contributed by atoms with Crippen LogP contribution in [0.25, 0.3) is 0 Å². The van der Waals surface area contributed by atoms with Crippen molar-refractivity contribution in [2.75, 3.05) is 25.0 Å². The number of carbonyl (C=O) groups excluding carboxylic acids is 2. The third-order valence-corrected chi connectivity index (χ3v) is 7.67. The molecule has 1 aromatic heterocycles. The summed E-state index contributed by atoms with van der Waals surface area (Å²) >= 11 is 1.16. The van der Waals surface area contributed by atoms with Crippen LogP contribution in [-0.2, 0) is 32.8 Å². The van der Waals surface area contributed by atoms with Gasteiger partial charge in [0.1, 0.15) is 0 Å². The molecule has 1 N–H and O–H groups in total. The molecule has 1 amide bonds. The van der Waals surface area contributed by atoms with E-state index in [-0.39, 0.29) is 49.4 Å². The van der Waals surface area contributed by atoms with E-state index >= 15 is 0 Å². The quantitative estimate of drug-likeness (QED) is 0.364. The lowest BCUT2D eigenvalue weighted by atomic mass is 9.77. The third-order valence-electron chi connectivity index (χ3n) is 6.87. The van der Waals surface area contributed by atoms with Crippen molar-refractivity contribution in [1.29, 1.82) is 0 Å². The number of nitrogens with zero attached hydrogens (tertiary/aromatic N) is 2. The number of amides is 1. The van der Waals surface area contributed by atoms with Gasteiger partial charge in [-0.1, -0.05) is 18.2 Å². The lowest BCUT2D eigenvalue weighted by molar-refractivity contribution is -0.348. The number of fused-ring (bicyclic) bond motifs is 3. The minimum atomic E-state index is -6.16. The smallest absolute Gasteiger partial charge is 0.435 e. The van der Waals surface area contributed by atoms with Gasteiger partial charge in [-0.25, -0.2) is 9.37 Å². The molecule has 0 spiro atoms. The molecule has 1 fully saturated rings. The maximum atomic E-state index is 14.5. The average molecular weight is 568 g/mol. The summed E-state index contributed by atoms with van der Waals surface area (Å²) in [5.41, 5.74) is -5.65. The van der Waals surface area contributed by atoms with Gasteiger partial charge in [-0.05, 0) is 43.9 Å². The molecule has 2 unspecified atom stereocenters. The first-order valence-corrected chi connectivity index (χ1v) is 12.7. The number of halogens is 7. The minimum absolute atomic E-state index is 0.0110. The van der Waals surface area contributed by atoms with Crippen molar-refractivity contribution >= 4 is 28.3 Å². The Bertz CT molecular complexity index is 1180. The fourth-order valence-corrected chi connectivity index (χ4v) is 5.93. The first-order chi connectivity index (χ1) is 17.7. The zero-order valence-electron chi connectivity index (χ0n) is 20.1. The van der Waals surface area contributed by atoms with Crippen LogP contribution in [0.4, 0.5) is 35.9 Å². The Hall–Kier alpha value is -2.74. The van der Waals surface area contributed by atoms with Gasteiger partial charge < -0.3 is 10.1 Å². The molecule has 0 saturated carbocycles. The number of carbonyl (C=O) groups is 2. The monoisotopic (exact) mass is 567 g/mol. The summed E-state index contributed by atoms with van der Waals surface area (Å²) in [7, 11) is 0. The Morgan fingerprint density at radius 3 is 2.50 bits per heavy atom. The lowest BCUT2D eigenvalue weighted by Crippen LogP contribution is -2.50. The number of rotatable bonds is 7. The molecule has 1 aromatic carbocycles. The SMILES string of the molecule is CCOC(=O)Cc1csc(NC(=O)CN2CCC3c4ccc(C(F)(C(F)(F)F)C(F)(F)F)cc4CCC32)n1. The van der Waals surface area contributed by atoms with Crippen molar-refractivity contribution < 1.29 is 45.1 Å². The molecule has 2 aliphatic rings. The van der Waals surface area contributed by atoms with Gasteiger partial charge in [0.15, 0.2) is 5.13 Å². The van der Waals surface area contributed by atoms with Gasteiger partial charge in [-0.15, -0.1) is 11.3 Å². The topological polar surface area (TPSA) is 71.5 Å². The highest BCUT2D eigenvalue weighted by Crippen LogP contribution is 2.54. The van der Waals surface area contributed by atoms with Crippen LogP contribution in [0, 0.1) is 0 Å². The van der Waals surface area contributed by atoms with E-state index in [1.165, 1.54) is 0 Å². The number of alkyl halides is 7. The Labute approximate surface area is 217 Å². The van der Waals surface area contributed by atoms with E-state index in [1.807, 2.05) is 4.90 Å². The standard InChI is InChI=1S/C24H24F7N3O3S/c1-2-37-20(36)10-15-12-38-21(32-15)33-19(35)11-34-8-7-17-16-5-4-14(9-13(16)3-6-18(17)34)22(25,23(26,27)28)24(29,30)31/h4-5,9,12,17-18H,2-3,6-8,10-11H2,1H3,(H,32,33,35). The maximum Gasteiger partial charge on any atom is 0.435 e. The second-order valence-electron chi connectivity index (χ2n) is 9.21. The van der Waals surface area contributed by atoms with Crippen molar-refractivity contribution in [2.45, 2.75) is 62.6 Å². The molecule has 208 valence electrons. The molecule has 38 heavy (non-hydrogen) atoms. The number of hydrogen-bond acceptors (Lipinski definition) is 6. The molecule has 2 heterocycles. The predicted molar refractivity (Wildman–Crippen MR) is 123 cm³/mol. The van der Waals surface area contributed by atoms with Crippen LogP contribution >= 0.6 is 11.3 Å². The fraction of sp³-hybridized carbons (Fsp3) is 0.542. The Morgan fingerprint density at radius 1 is 1.13 bits per heavy atom. The van der Waals surface area contributed by atoms with E-state index in [4.69, 9.17) is 4.74 Å². The number of thiazole rings is 1. The number of ether oxygens (including phenoxy) is 1. The molecule has 6 nitrogen and oxygen atoms in total. The van der Waals surface area contributed by atoms with Crippen LogP contribution in [-0.4, -0.2) is 59.9 Å². The van der Waals surface area contributed by atoms with Crippen molar-refractivity contribution in [3.8, 4) is 0 Å². The Balaban J connectivity index is 1.43. The first-order valence-electron chi connectivity index (χ1n) is 11.8. The van der Waals surface area contributed by atoms with E-state index in [0.29, 0.717) is 47.9 Å².